The number of unbranched alkanes of at least 4 members (excludes halogenated alkanes) is 1. The van der Waals surface area contributed by atoms with Gasteiger partial charge in [0.25, 0.3) is 0 Å². The third-order valence-electron chi connectivity index (χ3n) is 6.34. The summed E-state index contributed by atoms with van der Waals surface area (Å²) in [5.74, 6) is -2.95. The molecule has 5 amide bonds. The SMILES string of the molecule is CC(C)C[C@H](NC(=O)[C@H](C)NC(=O)[C@H](CC(C)C)NC(=O)[C@@H](N)CCCCN)C(=O)N[C@@H](CCCN=C(N)N)C(N)=O. The lowest BCUT2D eigenvalue weighted by Crippen LogP contribution is -2.58. The fourth-order valence-corrected chi connectivity index (χ4v) is 4.06. The van der Waals surface area contributed by atoms with E-state index in [9.17, 15) is 24.0 Å². The summed E-state index contributed by atoms with van der Waals surface area (Å²) in [5.41, 5.74) is 27.5. The normalized spacial score (nSPS) is 14.7. The molecule has 42 heavy (non-hydrogen) atoms. The number of carbonyl (C=O) groups is 5. The minimum Gasteiger partial charge on any atom is -0.370 e. The van der Waals surface area contributed by atoms with E-state index >= 15 is 0 Å². The maximum atomic E-state index is 13.1. The summed E-state index contributed by atoms with van der Waals surface area (Å²) >= 11 is 0. The molecule has 0 aromatic rings. The van der Waals surface area contributed by atoms with E-state index in [0.29, 0.717) is 32.2 Å². The van der Waals surface area contributed by atoms with Crippen LogP contribution in [0.5, 0.6) is 0 Å². The van der Waals surface area contributed by atoms with Crippen molar-refractivity contribution >= 4 is 35.5 Å². The van der Waals surface area contributed by atoms with Crippen molar-refractivity contribution in [3.63, 3.8) is 0 Å². The van der Waals surface area contributed by atoms with Crippen LogP contribution in [0.4, 0.5) is 0 Å². The number of hydrogen-bond acceptors (Lipinski definition) is 8. The summed E-state index contributed by atoms with van der Waals surface area (Å²) in [6.45, 7) is 9.78. The molecule has 0 fully saturated rings. The van der Waals surface area contributed by atoms with Crippen LogP contribution < -0.4 is 49.9 Å². The van der Waals surface area contributed by atoms with Gasteiger partial charge < -0.3 is 49.9 Å². The van der Waals surface area contributed by atoms with Crippen molar-refractivity contribution in [3.05, 3.63) is 0 Å². The predicted octanol–water partition coefficient (Wildman–Crippen LogP) is -1.97. The van der Waals surface area contributed by atoms with Gasteiger partial charge in [-0.25, -0.2) is 0 Å². The second kappa shape index (κ2) is 20.4. The number of aliphatic imine (C=N–C) groups is 1. The van der Waals surface area contributed by atoms with Gasteiger partial charge in [-0.3, -0.25) is 29.0 Å². The number of rotatable bonds is 21. The molecule has 0 aliphatic heterocycles. The van der Waals surface area contributed by atoms with Crippen molar-refractivity contribution in [1.29, 1.82) is 0 Å². The minimum absolute atomic E-state index is 0.0135. The monoisotopic (exact) mass is 598 g/mol. The van der Waals surface area contributed by atoms with Crippen LogP contribution in [0, 0.1) is 11.8 Å². The van der Waals surface area contributed by atoms with E-state index < -0.39 is 59.7 Å². The zero-order valence-corrected chi connectivity index (χ0v) is 25.8. The number of nitrogens with one attached hydrogen (secondary N) is 4. The van der Waals surface area contributed by atoms with Crippen molar-refractivity contribution in [2.75, 3.05) is 13.1 Å². The molecule has 0 aromatic heterocycles. The number of nitrogens with zero attached hydrogens (tertiary/aromatic N) is 1. The summed E-state index contributed by atoms with van der Waals surface area (Å²) in [4.78, 5) is 67.6. The molecule has 242 valence electrons. The standard InChI is InChI=1S/C27H54N10O5/c1-15(2)13-20(37-24(40)18(29)9-6-7-11-28)25(41)34-17(5)23(39)36-21(14-16(3)4)26(42)35-19(22(30)38)10-8-12-33-27(31)32/h15-21H,6-14,28-29H2,1-5H3,(H2,30,38)(H,34,41)(H,35,42)(H,36,39)(H,37,40)(H4,31,32,33)/t17-,18-,19-,20-,21-/m0/s1. The molecular weight excluding hydrogens is 544 g/mol. The van der Waals surface area contributed by atoms with Gasteiger partial charge in [0.1, 0.15) is 24.2 Å². The first kappa shape index (κ1) is 38.5. The molecule has 5 atom stereocenters. The molecule has 0 rings (SSSR count). The van der Waals surface area contributed by atoms with E-state index in [1.54, 1.807) is 0 Å². The first-order valence-corrected chi connectivity index (χ1v) is 14.6. The first-order valence-electron chi connectivity index (χ1n) is 14.6. The molecule has 0 aliphatic rings. The van der Waals surface area contributed by atoms with E-state index in [1.165, 1.54) is 6.92 Å². The maximum Gasteiger partial charge on any atom is 0.243 e. The maximum absolute atomic E-state index is 13.1. The van der Waals surface area contributed by atoms with Crippen LogP contribution in [-0.2, 0) is 24.0 Å². The van der Waals surface area contributed by atoms with Gasteiger partial charge in [-0.05, 0) is 63.8 Å². The van der Waals surface area contributed by atoms with E-state index in [2.05, 4.69) is 26.3 Å². The first-order chi connectivity index (χ1) is 19.6. The fourth-order valence-electron chi connectivity index (χ4n) is 4.06. The van der Waals surface area contributed by atoms with E-state index in [1.807, 2.05) is 27.7 Å². The molecule has 0 unspecified atom stereocenters. The predicted molar refractivity (Wildman–Crippen MR) is 162 cm³/mol. The fraction of sp³-hybridized carbons (Fsp3) is 0.778. The van der Waals surface area contributed by atoms with Crippen LogP contribution in [0.15, 0.2) is 4.99 Å². The Morgan fingerprint density at radius 1 is 0.643 bits per heavy atom. The summed E-state index contributed by atoms with van der Waals surface area (Å²) in [7, 11) is 0. The van der Waals surface area contributed by atoms with Gasteiger partial charge in [0.05, 0.1) is 6.04 Å². The molecule has 15 heteroatoms. The Bertz CT molecular complexity index is 908. The van der Waals surface area contributed by atoms with Gasteiger partial charge in [0.15, 0.2) is 5.96 Å². The third kappa shape index (κ3) is 16.7. The Balaban J connectivity index is 5.37. The second-order valence-electron chi connectivity index (χ2n) is 11.4. The largest absolute Gasteiger partial charge is 0.370 e. The Morgan fingerprint density at radius 3 is 1.62 bits per heavy atom. The summed E-state index contributed by atoms with van der Waals surface area (Å²) in [6, 6.07) is -4.70. The Kier molecular flexibility index (Phi) is 18.7. The highest BCUT2D eigenvalue weighted by Crippen LogP contribution is 2.09. The van der Waals surface area contributed by atoms with Gasteiger partial charge in [-0.2, -0.15) is 0 Å². The topological polar surface area (TPSA) is 276 Å². The number of nitrogens with two attached hydrogens (primary N) is 5. The molecule has 15 nitrogen and oxygen atoms in total. The molecular formula is C27H54N10O5. The lowest BCUT2D eigenvalue weighted by molar-refractivity contribution is -0.134. The molecule has 0 bridgehead atoms. The zero-order chi connectivity index (χ0) is 32.4. The van der Waals surface area contributed by atoms with Crippen LogP contribution in [0.2, 0.25) is 0 Å². The molecule has 0 aromatic carbocycles. The van der Waals surface area contributed by atoms with E-state index in [0.717, 1.165) is 6.42 Å². The van der Waals surface area contributed by atoms with Gasteiger partial charge in [0.2, 0.25) is 29.5 Å². The van der Waals surface area contributed by atoms with Crippen molar-refractivity contribution < 1.29 is 24.0 Å². The Hall–Kier alpha value is -3.46. The van der Waals surface area contributed by atoms with Crippen molar-refractivity contribution in [2.45, 2.75) is 110 Å². The van der Waals surface area contributed by atoms with Crippen molar-refractivity contribution in [2.24, 2.45) is 45.5 Å². The molecule has 0 aliphatic carbocycles. The molecule has 0 saturated carbocycles. The quantitative estimate of drug-likeness (QED) is 0.0402. The summed E-state index contributed by atoms with van der Waals surface area (Å²) < 4.78 is 0. The van der Waals surface area contributed by atoms with Crippen LogP contribution >= 0.6 is 0 Å². The summed E-state index contributed by atoms with van der Waals surface area (Å²) in [6.07, 6.45) is 3.05. The lowest BCUT2D eigenvalue weighted by atomic mass is 10.0. The molecule has 0 spiro atoms. The third-order valence-corrected chi connectivity index (χ3v) is 6.34. The lowest BCUT2D eigenvalue weighted by Gasteiger charge is -2.26. The zero-order valence-electron chi connectivity index (χ0n) is 25.8. The van der Waals surface area contributed by atoms with Crippen molar-refractivity contribution in [3.8, 4) is 0 Å². The van der Waals surface area contributed by atoms with Crippen molar-refractivity contribution in [1.82, 2.24) is 21.3 Å². The van der Waals surface area contributed by atoms with E-state index in [-0.39, 0.29) is 37.2 Å². The molecule has 0 radical (unpaired) electrons. The molecule has 0 saturated heterocycles. The Labute approximate surface area is 249 Å². The highest BCUT2D eigenvalue weighted by Gasteiger charge is 2.30. The smallest absolute Gasteiger partial charge is 0.243 e. The molecule has 0 heterocycles. The number of primary amides is 1. The number of amides is 5. The number of hydrogen-bond donors (Lipinski definition) is 9. The highest BCUT2D eigenvalue weighted by molar-refractivity contribution is 5.95. The van der Waals surface area contributed by atoms with Gasteiger partial charge in [-0.1, -0.05) is 34.1 Å². The number of carbonyl (C=O) groups excluding carboxylic acids is 5. The average Bonchev–Trinajstić information content (AvgIpc) is 2.88. The Morgan fingerprint density at radius 2 is 1.14 bits per heavy atom. The van der Waals surface area contributed by atoms with E-state index in [4.69, 9.17) is 28.7 Å². The average molecular weight is 599 g/mol. The van der Waals surface area contributed by atoms with Crippen LogP contribution in [0.1, 0.15) is 79.6 Å². The summed E-state index contributed by atoms with van der Waals surface area (Å²) in [5, 5.41) is 10.6. The number of guanidine groups is 1. The van der Waals surface area contributed by atoms with Gasteiger partial charge in [-0.15, -0.1) is 0 Å². The minimum atomic E-state index is -1.03. The second-order valence-corrected chi connectivity index (χ2v) is 11.4. The van der Waals surface area contributed by atoms with Crippen LogP contribution in [0.3, 0.4) is 0 Å². The van der Waals surface area contributed by atoms with Crippen LogP contribution in [0.25, 0.3) is 0 Å². The van der Waals surface area contributed by atoms with Crippen LogP contribution in [-0.4, -0.2) is 78.8 Å². The van der Waals surface area contributed by atoms with Gasteiger partial charge in [0, 0.05) is 6.54 Å². The highest BCUT2D eigenvalue weighted by atomic mass is 16.2. The van der Waals surface area contributed by atoms with Gasteiger partial charge >= 0.3 is 0 Å². The molecule has 14 N–H and O–H groups in total.